The highest BCUT2D eigenvalue weighted by atomic mass is 16.5. The predicted octanol–water partition coefficient (Wildman–Crippen LogP) is -0.584. The molecule has 4 nitrogen and oxygen atoms in total. The first-order valence-electron chi connectivity index (χ1n) is 3.49. The van der Waals surface area contributed by atoms with Crippen LogP contribution < -0.4 is 10.9 Å². The summed E-state index contributed by atoms with van der Waals surface area (Å²) in [6.45, 7) is 3.10. The molecule has 0 aromatic heterocycles. The van der Waals surface area contributed by atoms with E-state index in [4.69, 9.17) is 4.74 Å². The number of carbonyl (C=O) groups is 1. The molecule has 0 aromatic carbocycles. The zero-order valence-electron chi connectivity index (χ0n) is 6.02. The molecule has 0 amide bonds. The van der Waals surface area contributed by atoms with E-state index in [1.54, 1.807) is 6.92 Å². The summed E-state index contributed by atoms with van der Waals surface area (Å²) in [5.74, 6) is -0.160. The number of hydrazine groups is 1. The summed E-state index contributed by atoms with van der Waals surface area (Å²) >= 11 is 0. The van der Waals surface area contributed by atoms with E-state index >= 15 is 0 Å². The van der Waals surface area contributed by atoms with Crippen LogP contribution in [0.3, 0.4) is 0 Å². The minimum absolute atomic E-state index is 0.139. The minimum Gasteiger partial charge on any atom is -0.465 e. The second kappa shape index (κ2) is 3.53. The first-order valence-corrected chi connectivity index (χ1v) is 3.49. The van der Waals surface area contributed by atoms with Gasteiger partial charge in [-0.15, -0.1) is 0 Å². The molecule has 1 heterocycles. The van der Waals surface area contributed by atoms with Gasteiger partial charge in [0.25, 0.3) is 0 Å². The lowest BCUT2D eigenvalue weighted by atomic mass is 10.2. The average molecular weight is 144 g/mol. The molecule has 1 aliphatic heterocycles. The van der Waals surface area contributed by atoms with Crippen LogP contribution in [0.4, 0.5) is 0 Å². The Morgan fingerprint density at radius 3 is 3.10 bits per heavy atom. The first-order chi connectivity index (χ1) is 4.84. The van der Waals surface area contributed by atoms with Crippen molar-refractivity contribution in [2.45, 2.75) is 19.4 Å². The standard InChI is InChI=1S/C6H12N2O2/c1-2-10-6(9)5-3-4-7-8-5/h5,7-8H,2-4H2,1H3. The second-order valence-electron chi connectivity index (χ2n) is 2.16. The highest BCUT2D eigenvalue weighted by Crippen LogP contribution is 1.97. The average Bonchev–Trinajstić information content (AvgIpc) is 2.38. The lowest BCUT2D eigenvalue weighted by molar-refractivity contribution is -0.145. The molecule has 1 fully saturated rings. The summed E-state index contributed by atoms with van der Waals surface area (Å²) in [6.07, 6.45) is 0.818. The molecule has 0 saturated carbocycles. The normalized spacial score (nSPS) is 24.7. The van der Waals surface area contributed by atoms with Crippen molar-refractivity contribution in [2.75, 3.05) is 13.2 Å². The van der Waals surface area contributed by atoms with Gasteiger partial charge in [-0.05, 0) is 13.3 Å². The van der Waals surface area contributed by atoms with Gasteiger partial charge in [0.05, 0.1) is 6.61 Å². The summed E-state index contributed by atoms with van der Waals surface area (Å²) in [6, 6.07) is -0.139. The Bertz CT molecular complexity index is 121. The Labute approximate surface area is 59.9 Å². The minimum atomic E-state index is -0.160. The third-order valence-electron chi connectivity index (χ3n) is 1.41. The van der Waals surface area contributed by atoms with Gasteiger partial charge >= 0.3 is 5.97 Å². The Balaban J connectivity index is 2.25. The SMILES string of the molecule is CCOC(=O)C1CCNN1. The molecule has 1 unspecified atom stereocenters. The van der Waals surface area contributed by atoms with Crippen molar-refractivity contribution in [1.29, 1.82) is 0 Å². The highest BCUT2D eigenvalue weighted by Gasteiger charge is 2.22. The molecule has 0 aromatic rings. The number of rotatable bonds is 2. The topological polar surface area (TPSA) is 50.4 Å². The summed E-state index contributed by atoms with van der Waals surface area (Å²) < 4.78 is 4.78. The van der Waals surface area contributed by atoms with Gasteiger partial charge in [0, 0.05) is 6.54 Å². The second-order valence-corrected chi connectivity index (χ2v) is 2.16. The molecule has 0 bridgehead atoms. The lowest BCUT2D eigenvalue weighted by Crippen LogP contribution is -2.37. The number of carbonyl (C=O) groups excluding carboxylic acids is 1. The monoisotopic (exact) mass is 144 g/mol. The molecule has 1 aliphatic rings. The van der Waals surface area contributed by atoms with Gasteiger partial charge in [-0.3, -0.25) is 10.2 Å². The Hall–Kier alpha value is -0.610. The molecule has 0 radical (unpaired) electrons. The van der Waals surface area contributed by atoms with Crippen molar-refractivity contribution in [3.8, 4) is 0 Å². The van der Waals surface area contributed by atoms with Gasteiger partial charge in [-0.1, -0.05) is 0 Å². The van der Waals surface area contributed by atoms with E-state index in [0.29, 0.717) is 6.61 Å². The highest BCUT2D eigenvalue weighted by molar-refractivity contribution is 5.75. The van der Waals surface area contributed by atoms with Crippen molar-refractivity contribution in [3.63, 3.8) is 0 Å². The Morgan fingerprint density at radius 1 is 1.80 bits per heavy atom. The van der Waals surface area contributed by atoms with Crippen molar-refractivity contribution in [2.24, 2.45) is 0 Å². The van der Waals surface area contributed by atoms with Gasteiger partial charge in [-0.2, -0.15) is 0 Å². The van der Waals surface area contributed by atoms with E-state index in [9.17, 15) is 4.79 Å². The summed E-state index contributed by atoms with van der Waals surface area (Å²) in [5, 5.41) is 0. The van der Waals surface area contributed by atoms with E-state index < -0.39 is 0 Å². The van der Waals surface area contributed by atoms with Crippen LogP contribution in [0.1, 0.15) is 13.3 Å². The van der Waals surface area contributed by atoms with Crippen LogP contribution >= 0.6 is 0 Å². The van der Waals surface area contributed by atoms with Crippen LogP contribution in [-0.4, -0.2) is 25.2 Å². The summed E-state index contributed by atoms with van der Waals surface area (Å²) in [5.41, 5.74) is 5.68. The maximum atomic E-state index is 10.9. The van der Waals surface area contributed by atoms with Crippen LogP contribution in [0.2, 0.25) is 0 Å². The molecule has 10 heavy (non-hydrogen) atoms. The molecule has 58 valence electrons. The molecule has 0 spiro atoms. The van der Waals surface area contributed by atoms with Crippen LogP contribution in [0.5, 0.6) is 0 Å². The van der Waals surface area contributed by atoms with Gasteiger partial charge < -0.3 is 4.74 Å². The molecular weight excluding hydrogens is 132 g/mol. The van der Waals surface area contributed by atoms with E-state index in [2.05, 4.69) is 10.9 Å². The van der Waals surface area contributed by atoms with Gasteiger partial charge in [0.1, 0.15) is 6.04 Å². The first kappa shape index (κ1) is 7.50. The fraction of sp³-hybridized carbons (Fsp3) is 0.833. The van der Waals surface area contributed by atoms with Gasteiger partial charge in [0.15, 0.2) is 0 Å². The summed E-state index contributed by atoms with van der Waals surface area (Å²) in [4.78, 5) is 10.9. The zero-order valence-corrected chi connectivity index (χ0v) is 6.02. The van der Waals surface area contributed by atoms with Crippen LogP contribution in [0.15, 0.2) is 0 Å². The molecule has 2 N–H and O–H groups in total. The molecular formula is C6H12N2O2. The number of ether oxygens (including phenoxy) is 1. The number of hydrogen-bond acceptors (Lipinski definition) is 4. The number of esters is 1. The van der Waals surface area contributed by atoms with Crippen LogP contribution in [0.25, 0.3) is 0 Å². The molecule has 1 saturated heterocycles. The third-order valence-corrected chi connectivity index (χ3v) is 1.41. The Kier molecular flexibility index (Phi) is 2.65. The smallest absolute Gasteiger partial charge is 0.324 e. The quantitative estimate of drug-likeness (QED) is 0.509. The summed E-state index contributed by atoms with van der Waals surface area (Å²) in [7, 11) is 0. The molecule has 4 heteroatoms. The van der Waals surface area contributed by atoms with Crippen LogP contribution in [0, 0.1) is 0 Å². The van der Waals surface area contributed by atoms with Gasteiger partial charge in [0.2, 0.25) is 0 Å². The van der Waals surface area contributed by atoms with Crippen LogP contribution in [-0.2, 0) is 9.53 Å². The van der Waals surface area contributed by atoms with Crippen molar-refractivity contribution >= 4 is 5.97 Å². The fourth-order valence-corrected chi connectivity index (χ4v) is 0.904. The maximum absolute atomic E-state index is 10.9. The number of nitrogens with one attached hydrogen (secondary N) is 2. The lowest BCUT2D eigenvalue weighted by Gasteiger charge is -2.06. The molecule has 1 atom stereocenters. The zero-order chi connectivity index (χ0) is 7.40. The fourth-order valence-electron chi connectivity index (χ4n) is 0.904. The Morgan fingerprint density at radius 2 is 2.60 bits per heavy atom. The molecule has 1 rings (SSSR count). The van der Waals surface area contributed by atoms with Crippen molar-refractivity contribution in [1.82, 2.24) is 10.9 Å². The molecule has 0 aliphatic carbocycles. The van der Waals surface area contributed by atoms with E-state index in [-0.39, 0.29) is 12.0 Å². The van der Waals surface area contributed by atoms with E-state index in [0.717, 1.165) is 13.0 Å². The van der Waals surface area contributed by atoms with E-state index in [1.807, 2.05) is 0 Å². The largest absolute Gasteiger partial charge is 0.465 e. The predicted molar refractivity (Wildman–Crippen MR) is 36.2 cm³/mol. The van der Waals surface area contributed by atoms with E-state index in [1.165, 1.54) is 0 Å². The van der Waals surface area contributed by atoms with Gasteiger partial charge in [-0.25, -0.2) is 5.43 Å². The van der Waals surface area contributed by atoms with Crippen molar-refractivity contribution in [3.05, 3.63) is 0 Å². The maximum Gasteiger partial charge on any atom is 0.324 e. The number of hydrogen-bond donors (Lipinski definition) is 2. The third kappa shape index (κ3) is 1.68. The van der Waals surface area contributed by atoms with Crippen molar-refractivity contribution < 1.29 is 9.53 Å².